The van der Waals surface area contributed by atoms with Crippen molar-refractivity contribution in [2.75, 3.05) is 11.5 Å². The van der Waals surface area contributed by atoms with Crippen LogP contribution in [-0.2, 0) is 5.41 Å². The van der Waals surface area contributed by atoms with Gasteiger partial charge in [0.15, 0.2) is 0 Å². The van der Waals surface area contributed by atoms with Crippen LogP contribution in [-0.4, -0.2) is 20.2 Å². The summed E-state index contributed by atoms with van der Waals surface area (Å²) < 4.78 is 5.38. The molecule has 0 amide bonds. The highest BCUT2D eigenvalue weighted by atomic mass is 16.4. The zero-order valence-electron chi connectivity index (χ0n) is 18.8. The number of anilines is 2. The van der Waals surface area contributed by atoms with Gasteiger partial charge in [-0.2, -0.15) is 0 Å². The number of aromatic amines is 1. The van der Waals surface area contributed by atoms with Crippen LogP contribution in [0.15, 0.2) is 71.4 Å². The number of rotatable bonds is 5. The smallest absolute Gasteiger partial charge is 0.313 e. The average molecular weight is 439 g/mol. The molecule has 0 bridgehead atoms. The first-order valence-electron chi connectivity index (χ1n) is 10.9. The number of nitrogens with zero attached hydrogens (tertiary/aromatic N) is 3. The number of nitrogens with one attached hydrogen (secondary N) is 1. The fourth-order valence-electron chi connectivity index (χ4n) is 4.42. The summed E-state index contributed by atoms with van der Waals surface area (Å²) in [5, 5.41) is 8.91. The van der Waals surface area contributed by atoms with E-state index in [1.807, 2.05) is 24.3 Å². The Labute approximate surface area is 191 Å². The molecule has 3 aromatic heterocycles. The molecule has 166 valence electrons. The quantitative estimate of drug-likeness (QED) is 0.338. The molecule has 0 fully saturated rings. The van der Waals surface area contributed by atoms with Gasteiger partial charge in [0.05, 0.1) is 0 Å². The van der Waals surface area contributed by atoms with Gasteiger partial charge in [0.1, 0.15) is 5.82 Å². The van der Waals surface area contributed by atoms with Crippen molar-refractivity contribution in [3.8, 4) is 22.6 Å². The highest BCUT2D eigenvalue weighted by molar-refractivity contribution is 5.88. The Balaban J connectivity index is 1.55. The van der Waals surface area contributed by atoms with Crippen molar-refractivity contribution < 1.29 is 4.42 Å². The molecule has 5 rings (SSSR count). The van der Waals surface area contributed by atoms with E-state index in [1.54, 1.807) is 6.20 Å². The Hall–Kier alpha value is -4.13. The molecule has 7 heteroatoms. The van der Waals surface area contributed by atoms with Crippen LogP contribution < -0.4 is 11.5 Å². The van der Waals surface area contributed by atoms with Crippen LogP contribution in [0.1, 0.15) is 31.9 Å². The van der Waals surface area contributed by atoms with Gasteiger partial charge in [-0.15, -0.1) is 5.10 Å². The summed E-state index contributed by atoms with van der Waals surface area (Å²) in [7, 11) is 0. The highest BCUT2D eigenvalue weighted by Crippen LogP contribution is 2.43. The maximum Gasteiger partial charge on any atom is 0.313 e. The van der Waals surface area contributed by atoms with Crippen molar-refractivity contribution in [1.82, 2.24) is 20.2 Å². The molecular weight excluding hydrogens is 412 g/mol. The maximum atomic E-state index is 5.73. The van der Waals surface area contributed by atoms with Crippen LogP contribution in [0.4, 0.5) is 11.8 Å². The molecule has 7 nitrogen and oxygen atoms in total. The van der Waals surface area contributed by atoms with Gasteiger partial charge in [-0.25, -0.2) is 4.98 Å². The number of H-pyrrole nitrogens is 1. The van der Waals surface area contributed by atoms with E-state index < -0.39 is 0 Å². The third-order valence-corrected chi connectivity index (χ3v) is 6.69. The Morgan fingerprint density at radius 3 is 2.27 bits per heavy atom. The molecule has 0 saturated carbocycles. The average Bonchev–Trinajstić information content (AvgIpc) is 3.45. The number of fused-ring (bicyclic) bond motifs is 1. The topological polar surface area (TPSA) is 120 Å². The SMILES string of the molecule is CC(C)C(C)(c1ccc(-c2ccc(N)nc2)cc1)c1c[nH]c2cc(-c3nnc(N)o3)ccc12. The number of nitrogen functional groups attached to an aromatic ring is 2. The summed E-state index contributed by atoms with van der Waals surface area (Å²) in [4.78, 5) is 7.65. The van der Waals surface area contributed by atoms with E-state index >= 15 is 0 Å². The zero-order valence-corrected chi connectivity index (χ0v) is 18.8. The lowest BCUT2D eigenvalue weighted by Crippen LogP contribution is -2.29. The molecule has 0 saturated heterocycles. The van der Waals surface area contributed by atoms with E-state index in [4.69, 9.17) is 15.9 Å². The number of nitrogens with two attached hydrogens (primary N) is 2. The molecule has 1 unspecified atom stereocenters. The predicted octanol–water partition coefficient (Wildman–Crippen LogP) is 5.41. The summed E-state index contributed by atoms with van der Waals surface area (Å²) in [5.41, 5.74) is 17.6. The lowest BCUT2D eigenvalue weighted by Gasteiger charge is -2.35. The summed E-state index contributed by atoms with van der Waals surface area (Å²) in [5.74, 6) is 1.29. The molecule has 2 aromatic carbocycles. The second-order valence-corrected chi connectivity index (χ2v) is 8.81. The van der Waals surface area contributed by atoms with Crippen molar-refractivity contribution in [1.29, 1.82) is 0 Å². The molecule has 0 aliphatic carbocycles. The van der Waals surface area contributed by atoms with E-state index in [0.29, 0.717) is 17.6 Å². The first-order valence-corrected chi connectivity index (χ1v) is 10.9. The van der Waals surface area contributed by atoms with Gasteiger partial charge in [0, 0.05) is 39.8 Å². The van der Waals surface area contributed by atoms with Crippen LogP contribution in [0, 0.1) is 5.92 Å². The van der Waals surface area contributed by atoms with Gasteiger partial charge in [-0.1, -0.05) is 56.2 Å². The van der Waals surface area contributed by atoms with Crippen molar-refractivity contribution in [2.24, 2.45) is 5.92 Å². The fraction of sp³-hybridized carbons (Fsp3) is 0.192. The summed E-state index contributed by atoms with van der Waals surface area (Å²) in [6.45, 7) is 6.81. The van der Waals surface area contributed by atoms with Crippen molar-refractivity contribution in [3.63, 3.8) is 0 Å². The molecule has 1 atom stereocenters. The van der Waals surface area contributed by atoms with Gasteiger partial charge < -0.3 is 20.9 Å². The van der Waals surface area contributed by atoms with Crippen LogP contribution in [0.2, 0.25) is 0 Å². The molecule has 0 aliphatic heterocycles. The molecule has 0 radical (unpaired) electrons. The largest absolute Gasteiger partial charge is 0.404 e. The number of hydrogen-bond donors (Lipinski definition) is 3. The second-order valence-electron chi connectivity index (χ2n) is 8.81. The standard InChI is InChI=1S/C26H26N6O/c1-15(2)26(3,19-8-4-16(5-9-19)18-7-11-23(27)30-13-18)21-14-29-22-12-17(6-10-20(21)22)24-31-32-25(28)33-24/h4-15,29H,1-3H3,(H2,27,30)(H2,28,32). The Morgan fingerprint density at radius 2 is 1.64 bits per heavy atom. The highest BCUT2D eigenvalue weighted by Gasteiger charge is 2.34. The van der Waals surface area contributed by atoms with Gasteiger partial charge >= 0.3 is 6.01 Å². The Morgan fingerprint density at radius 1 is 0.909 bits per heavy atom. The van der Waals surface area contributed by atoms with E-state index in [9.17, 15) is 0 Å². The first kappa shape index (κ1) is 20.8. The van der Waals surface area contributed by atoms with E-state index in [1.165, 1.54) is 11.1 Å². The minimum absolute atomic E-state index is 0.0582. The molecule has 0 aliphatic rings. The van der Waals surface area contributed by atoms with E-state index in [2.05, 4.69) is 77.5 Å². The molecular formula is C26H26N6O. The number of aromatic nitrogens is 4. The zero-order chi connectivity index (χ0) is 23.2. The summed E-state index contributed by atoms with van der Waals surface area (Å²) in [6.07, 6.45) is 3.91. The van der Waals surface area contributed by atoms with Crippen LogP contribution in [0.3, 0.4) is 0 Å². The first-order chi connectivity index (χ1) is 15.9. The van der Waals surface area contributed by atoms with Gasteiger partial charge in [-0.3, -0.25) is 0 Å². The van der Waals surface area contributed by atoms with Gasteiger partial charge in [-0.05, 0) is 46.9 Å². The van der Waals surface area contributed by atoms with E-state index in [-0.39, 0.29) is 11.4 Å². The third kappa shape index (κ3) is 3.51. The van der Waals surface area contributed by atoms with Crippen LogP contribution in [0.25, 0.3) is 33.5 Å². The van der Waals surface area contributed by atoms with Crippen molar-refractivity contribution >= 4 is 22.7 Å². The maximum absolute atomic E-state index is 5.73. The molecule has 0 spiro atoms. The Bertz CT molecular complexity index is 1420. The third-order valence-electron chi connectivity index (χ3n) is 6.69. The van der Waals surface area contributed by atoms with Crippen LogP contribution >= 0.6 is 0 Å². The number of pyridine rings is 1. The monoisotopic (exact) mass is 438 g/mol. The molecule has 5 N–H and O–H groups in total. The van der Waals surface area contributed by atoms with Gasteiger partial charge in [0.2, 0.25) is 5.89 Å². The lowest BCUT2D eigenvalue weighted by molar-refractivity contribution is 0.408. The number of benzene rings is 2. The summed E-state index contributed by atoms with van der Waals surface area (Å²) >= 11 is 0. The predicted molar refractivity (Wildman–Crippen MR) is 131 cm³/mol. The van der Waals surface area contributed by atoms with Crippen molar-refractivity contribution in [3.05, 3.63) is 78.1 Å². The normalized spacial score (nSPS) is 13.5. The number of hydrogen-bond acceptors (Lipinski definition) is 6. The van der Waals surface area contributed by atoms with E-state index in [0.717, 1.165) is 27.6 Å². The van der Waals surface area contributed by atoms with Gasteiger partial charge in [0.25, 0.3) is 0 Å². The Kier molecular flexibility index (Phi) is 4.89. The molecule has 33 heavy (non-hydrogen) atoms. The lowest BCUT2D eigenvalue weighted by atomic mass is 9.68. The molecule has 5 aromatic rings. The van der Waals surface area contributed by atoms with Crippen molar-refractivity contribution in [2.45, 2.75) is 26.2 Å². The minimum Gasteiger partial charge on any atom is -0.404 e. The fourth-order valence-corrected chi connectivity index (χ4v) is 4.42. The summed E-state index contributed by atoms with van der Waals surface area (Å²) in [6, 6.07) is 18.7. The second kappa shape index (κ2) is 7.78. The minimum atomic E-state index is -0.202. The molecule has 3 heterocycles. The van der Waals surface area contributed by atoms with Crippen LogP contribution in [0.5, 0.6) is 0 Å².